The second-order valence-electron chi connectivity index (χ2n) is 1.52. The van der Waals surface area contributed by atoms with E-state index in [4.69, 9.17) is 0 Å². The zero-order valence-corrected chi connectivity index (χ0v) is 9.83. The van der Waals surface area contributed by atoms with Crippen molar-refractivity contribution in [3.8, 4) is 0 Å². The average molecular weight is 334 g/mol. The van der Waals surface area contributed by atoms with Crippen LogP contribution in [0.5, 0.6) is 0 Å². The normalized spacial score (nSPS) is 11.6. The van der Waals surface area contributed by atoms with Gasteiger partial charge < -0.3 is 0 Å². The van der Waals surface area contributed by atoms with Crippen LogP contribution in [0.15, 0.2) is 0 Å². The predicted octanol–water partition coefficient (Wildman–Crippen LogP) is -2.85. The van der Waals surface area contributed by atoms with Gasteiger partial charge in [-0.1, -0.05) is 0 Å². The van der Waals surface area contributed by atoms with E-state index in [1.807, 2.05) is 0 Å². The van der Waals surface area contributed by atoms with Gasteiger partial charge in [-0.05, 0) is 0 Å². The minimum absolute atomic E-state index is 1.68. The monoisotopic (exact) mass is 334 g/mol. The summed E-state index contributed by atoms with van der Waals surface area (Å²) in [7, 11) is -4.13. The molecule has 0 rings (SSSR count). The summed E-state index contributed by atoms with van der Waals surface area (Å²) in [5.74, 6) is 0. The Hall–Kier alpha value is 1.05. The van der Waals surface area contributed by atoms with Crippen LogP contribution in [0, 0.1) is 10.2 Å². The molecule has 0 aliphatic heterocycles. The third-order valence-electron chi connectivity index (χ3n) is 0.287. The van der Waals surface area contributed by atoms with Crippen molar-refractivity contribution in [1.82, 2.24) is 0 Å². The summed E-state index contributed by atoms with van der Waals surface area (Å²) in [6.07, 6.45) is 0. The third kappa shape index (κ3) is 7.05. The fraction of sp³-hybridized carbons (Fsp3) is 1.00. The molecular weight excluding hydrogens is 328 g/mol. The molecule has 0 radical (unpaired) electrons. The first-order valence-electron chi connectivity index (χ1n) is 2.01. The fourth-order valence-electron chi connectivity index (χ4n) is 0.218. The molecule has 0 aromatic rings. The Morgan fingerprint density at radius 2 is 1.62 bits per heavy atom. The quantitative estimate of drug-likeness (QED) is 0.510. The Labute approximate surface area is 58.6 Å². The maximum absolute atomic E-state index is 9.69. The van der Waals surface area contributed by atoms with Gasteiger partial charge in [0.1, 0.15) is 0 Å². The van der Waals surface area contributed by atoms with Gasteiger partial charge in [0.2, 0.25) is 0 Å². The molecule has 48 valence electrons. The van der Waals surface area contributed by atoms with Crippen molar-refractivity contribution >= 4 is 23.2 Å². The van der Waals surface area contributed by atoms with E-state index >= 15 is 0 Å². The van der Waals surface area contributed by atoms with Gasteiger partial charge in [0.15, 0.2) is 0 Å². The van der Waals surface area contributed by atoms with Gasteiger partial charge in [0.25, 0.3) is 0 Å². The van der Waals surface area contributed by atoms with E-state index < -0.39 is 33.4 Å². The topological polar surface area (TPSA) is 78.4 Å². The molecule has 0 N–H and O–H groups in total. The molecule has 0 atom stereocenters. The first kappa shape index (κ1) is 9.05. The predicted molar refractivity (Wildman–Crippen MR) is 18.6 cm³/mol. The van der Waals surface area contributed by atoms with Crippen LogP contribution in [-0.4, -0.2) is 23.2 Å². The molecule has 0 unspecified atom stereocenters. The van der Waals surface area contributed by atoms with Crippen molar-refractivity contribution in [2.75, 3.05) is 0 Å². The molecule has 0 aliphatic carbocycles. The Morgan fingerprint density at radius 1 is 1.25 bits per heavy atom. The van der Waals surface area contributed by atoms with E-state index in [0.29, 0.717) is 0 Å². The second-order valence-corrected chi connectivity index (χ2v) is 12.7. The van der Waals surface area contributed by atoms with Gasteiger partial charge in [0.05, 0.1) is 0 Å². The van der Waals surface area contributed by atoms with Crippen molar-refractivity contribution in [2.24, 2.45) is 0 Å². The molecule has 0 fully saturated rings. The van der Waals surface area contributed by atoms with Crippen LogP contribution in [0.4, 0.5) is 0 Å². The second kappa shape index (κ2) is 3.28. The number of hydrogen-bond acceptors (Lipinski definition) is 4. The van der Waals surface area contributed by atoms with Crippen molar-refractivity contribution in [2.45, 2.75) is 8.97 Å². The SMILES string of the molecule is [CH3][Tl]([CH3])[O][Cl+3]([O-])([O-])[O-]. The van der Waals surface area contributed by atoms with Crippen molar-refractivity contribution in [3.63, 3.8) is 0 Å². The van der Waals surface area contributed by atoms with Gasteiger partial charge in [-0.25, -0.2) is 0 Å². The first-order valence-corrected chi connectivity index (χ1v) is 14.1. The van der Waals surface area contributed by atoms with Gasteiger partial charge >= 0.3 is 58.6 Å². The Morgan fingerprint density at radius 3 is 1.62 bits per heavy atom. The number of hydrogen-bond donors (Lipinski definition) is 0. The Bertz CT molecular complexity index is 68.9. The fourth-order valence-corrected chi connectivity index (χ4v) is 5.74. The van der Waals surface area contributed by atoms with Gasteiger partial charge in [-0.3, -0.25) is 0 Å². The van der Waals surface area contributed by atoms with E-state index in [1.54, 1.807) is 8.97 Å². The van der Waals surface area contributed by atoms with Gasteiger partial charge in [0, 0.05) is 0 Å². The van der Waals surface area contributed by atoms with Crippen LogP contribution in [0.3, 0.4) is 0 Å². The Kier molecular flexibility index (Phi) is 3.71. The molecule has 6 heteroatoms. The summed E-state index contributed by atoms with van der Waals surface area (Å²) in [5, 5.41) is 0. The molecule has 0 bridgehead atoms. The molecular formula is C2H6ClO4Tl. The van der Waals surface area contributed by atoms with Crippen LogP contribution in [0.2, 0.25) is 8.97 Å². The summed E-state index contributed by atoms with van der Waals surface area (Å²) < 4.78 is 36.5. The molecule has 4 nitrogen and oxygen atoms in total. The molecule has 0 heterocycles. The molecule has 0 spiro atoms. The number of halogens is 1. The van der Waals surface area contributed by atoms with Crippen LogP contribution >= 0.6 is 0 Å². The summed E-state index contributed by atoms with van der Waals surface area (Å²) in [5.41, 5.74) is 0. The summed E-state index contributed by atoms with van der Waals surface area (Å²) in [4.78, 5) is 0. The van der Waals surface area contributed by atoms with Crippen LogP contribution < -0.4 is 14.0 Å². The first-order chi connectivity index (χ1) is 3.42. The third-order valence-corrected chi connectivity index (χ3v) is 7.56. The molecule has 8 heavy (non-hydrogen) atoms. The van der Waals surface area contributed by atoms with Crippen LogP contribution in [-0.2, 0) is 2.24 Å². The average Bonchev–Trinajstić information content (AvgIpc) is 1.21. The van der Waals surface area contributed by atoms with Crippen molar-refractivity contribution < 1.29 is 26.5 Å². The molecule has 0 saturated heterocycles. The minimum atomic E-state index is -4.13. The molecule has 0 aromatic carbocycles. The van der Waals surface area contributed by atoms with E-state index in [0.717, 1.165) is 0 Å². The van der Waals surface area contributed by atoms with Crippen molar-refractivity contribution in [1.29, 1.82) is 0 Å². The van der Waals surface area contributed by atoms with Crippen LogP contribution in [0.1, 0.15) is 0 Å². The van der Waals surface area contributed by atoms with E-state index in [-0.39, 0.29) is 0 Å². The summed E-state index contributed by atoms with van der Waals surface area (Å²) >= 11 is -2.39. The van der Waals surface area contributed by atoms with Gasteiger partial charge in [-0.15, -0.1) is 0 Å². The van der Waals surface area contributed by atoms with E-state index in [2.05, 4.69) is 2.24 Å². The Balaban J connectivity index is 3.39. The number of rotatable bonds is 2. The molecule has 0 saturated carbocycles. The summed E-state index contributed by atoms with van der Waals surface area (Å²) in [6, 6.07) is 0. The van der Waals surface area contributed by atoms with E-state index in [1.165, 1.54) is 0 Å². The summed E-state index contributed by atoms with van der Waals surface area (Å²) in [6.45, 7) is 0. The molecule has 0 amide bonds. The maximum atomic E-state index is 9.69. The van der Waals surface area contributed by atoms with E-state index in [9.17, 15) is 14.0 Å². The molecule has 0 aliphatic rings. The zero-order chi connectivity index (χ0) is 6.78. The standard InChI is InChI=1S/2CH3.ClHO4.Tl/c;;2-1(3,4)5;/h2*1H3;(H,2,3,4,5);/q;;;+1/p-1. The van der Waals surface area contributed by atoms with Gasteiger partial charge in [-0.2, -0.15) is 0 Å². The zero-order valence-electron chi connectivity index (χ0n) is 4.59. The molecule has 0 aromatic heterocycles. The van der Waals surface area contributed by atoms with Crippen LogP contribution in [0.25, 0.3) is 0 Å². The van der Waals surface area contributed by atoms with Crippen molar-refractivity contribution in [3.05, 3.63) is 0 Å².